The van der Waals surface area contributed by atoms with E-state index < -0.39 is 11.7 Å². The Hall–Kier alpha value is -1.79. The summed E-state index contributed by atoms with van der Waals surface area (Å²) < 4.78 is 43.9. The fourth-order valence-corrected chi connectivity index (χ4v) is 4.01. The summed E-state index contributed by atoms with van der Waals surface area (Å²) >= 11 is 6.93. The van der Waals surface area contributed by atoms with Crippen molar-refractivity contribution in [2.45, 2.75) is 12.7 Å². The van der Waals surface area contributed by atoms with E-state index in [0.29, 0.717) is 0 Å². The number of hydrogen-bond donors (Lipinski definition) is 0. The van der Waals surface area contributed by atoms with Gasteiger partial charge in [-0.05, 0) is 35.9 Å². The van der Waals surface area contributed by atoms with Gasteiger partial charge in [-0.2, -0.15) is 13.2 Å². The molecule has 132 valence electrons. The highest BCUT2D eigenvalue weighted by molar-refractivity contribution is 9.10. The highest BCUT2D eigenvalue weighted by atomic mass is 79.9. The van der Waals surface area contributed by atoms with Gasteiger partial charge in [-0.25, -0.2) is 0 Å². The number of fused-ring (bicyclic) bond motifs is 3. The van der Waals surface area contributed by atoms with E-state index in [-0.39, 0.29) is 12.1 Å². The predicted molar refractivity (Wildman–Crippen MR) is 105 cm³/mol. The van der Waals surface area contributed by atoms with Crippen LogP contribution < -0.4 is 0 Å². The lowest BCUT2D eigenvalue weighted by molar-refractivity contribution is -0.138. The molecule has 0 saturated heterocycles. The van der Waals surface area contributed by atoms with Gasteiger partial charge in [0.25, 0.3) is 0 Å². The third-order valence-corrected chi connectivity index (χ3v) is 5.43. The molecule has 3 aromatic carbocycles. The average molecular weight is 483 g/mol. The summed E-state index contributed by atoms with van der Waals surface area (Å²) in [5.41, 5.74) is 1.44. The van der Waals surface area contributed by atoms with Crippen molar-refractivity contribution in [3.05, 3.63) is 80.7 Å². The molecule has 0 saturated carbocycles. The summed E-state index contributed by atoms with van der Waals surface area (Å²) in [7, 11) is 0. The number of halogens is 5. The molecular formula is C20H12Br2F3N. The Balaban J connectivity index is 1.99. The molecule has 0 bridgehead atoms. The Morgan fingerprint density at radius 3 is 1.85 bits per heavy atom. The number of aromatic nitrogens is 1. The molecule has 4 rings (SSSR count). The SMILES string of the molecule is FC(F)(F)c1ccccc1Cn1c2cc(Br)ccc2c2ccc(Br)cc21. The van der Waals surface area contributed by atoms with Crippen molar-refractivity contribution in [2.24, 2.45) is 0 Å². The highest BCUT2D eigenvalue weighted by Gasteiger charge is 2.33. The monoisotopic (exact) mass is 481 g/mol. The van der Waals surface area contributed by atoms with Crippen LogP contribution in [0.15, 0.2) is 69.6 Å². The van der Waals surface area contributed by atoms with Gasteiger partial charge >= 0.3 is 6.18 Å². The maximum Gasteiger partial charge on any atom is 0.416 e. The van der Waals surface area contributed by atoms with Crippen LogP contribution in [0.25, 0.3) is 21.8 Å². The molecule has 0 N–H and O–H groups in total. The van der Waals surface area contributed by atoms with E-state index in [4.69, 9.17) is 0 Å². The largest absolute Gasteiger partial charge is 0.416 e. The summed E-state index contributed by atoms with van der Waals surface area (Å²) in [4.78, 5) is 0. The predicted octanol–water partition coefficient (Wildman–Crippen LogP) is 7.39. The Morgan fingerprint density at radius 1 is 0.769 bits per heavy atom. The van der Waals surface area contributed by atoms with E-state index in [1.165, 1.54) is 12.1 Å². The quantitative estimate of drug-likeness (QED) is 0.280. The van der Waals surface area contributed by atoms with Crippen molar-refractivity contribution in [3.8, 4) is 0 Å². The standard InChI is InChI=1S/C20H12Br2F3N/c21-13-5-7-15-16-8-6-14(22)10-19(16)26(18(15)9-13)11-12-3-1-2-4-17(12)20(23,24)25/h1-10H,11H2. The topological polar surface area (TPSA) is 4.93 Å². The molecule has 0 spiro atoms. The molecule has 1 aromatic heterocycles. The van der Waals surface area contributed by atoms with Crippen molar-refractivity contribution in [1.82, 2.24) is 4.57 Å². The second kappa shape index (κ2) is 6.43. The number of benzene rings is 3. The number of hydrogen-bond acceptors (Lipinski definition) is 0. The third-order valence-electron chi connectivity index (χ3n) is 4.44. The van der Waals surface area contributed by atoms with Crippen molar-refractivity contribution >= 4 is 53.7 Å². The number of rotatable bonds is 2. The lowest BCUT2D eigenvalue weighted by Crippen LogP contribution is -2.11. The van der Waals surface area contributed by atoms with E-state index in [1.807, 2.05) is 41.0 Å². The molecule has 0 fully saturated rings. The molecule has 0 atom stereocenters. The average Bonchev–Trinajstić information content (AvgIpc) is 2.87. The van der Waals surface area contributed by atoms with Crippen molar-refractivity contribution in [2.75, 3.05) is 0 Å². The molecule has 26 heavy (non-hydrogen) atoms. The second-order valence-corrected chi connectivity index (χ2v) is 7.90. The molecule has 0 radical (unpaired) electrons. The Bertz CT molecular complexity index is 1070. The van der Waals surface area contributed by atoms with Crippen LogP contribution in [0, 0.1) is 0 Å². The molecule has 0 aliphatic heterocycles. The first-order valence-corrected chi connectivity index (χ1v) is 9.45. The van der Waals surface area contributed by atoms with Crippen LogP contribution in [0.2, 0.25) is 0 Å². The first-order chi connectivity index (χ1) is 12.3. The van der Waals surface area contributed by atoms with Gasteiger partial charge in [-0.1, -0.05) is 62.2 Å². The Morgan fingerprint density at radius 2 is 1.31 bits per heavy atom. The zero-order valence-corrected chi connectivity index (χ0v) is 16.5. The molecule has 1 nitrogen and oxygen atoms in total. The van der Waals surface area contributed by atoms with Gasteiger partial charge < -0.3 is 4.57 Å². The molecular weight excluding hydrogens is 471 g/mol. The summed E-state index contributed by atoms with van der Waals surface area (Å²) in [6.45, 7) is 0.141. The molecule has 0 amide bonds. The maximum atomic E-state index is 13.4. The zero-order chi connectivity index (χ0) is 18.5. The van der Waals surface area contributed by atoms with Crippen LogP contribution in [0.4, 0.5) is 13.2 Å². The minimum absolute atomic E-state index is 0.141. The summed E-state index contributed by atoms with van der Waals surface area (Å²) in [5, 5.41) is 2.03. The molecule has 0 aliphatic rings. The highest BCUT2D eigenvalue weighted by Crippen LogP contribution is 2.36. The normalized spacial score (nSPS) is 12.2. The Labute approximate surface area is 164 Å². The van der Waals surface area contributed by atoms with E-state index in [2.05, 4.69) is 31.9 Å². The van der Waals surface area contributed by atoms with E-state index >= 15 is 0 Å². The number of nitrogens with zero attached hydrogens (tertiary/aromatic N) is 1. The van der Waals surface area contributed by atoms with E-state index in [0.717, 1.165) is 36.8 Å². The van der Waals surface area contributed by atoms with Crippen LogP contribution in [-0.4, -0.2) is 4.57 Å². The van der Waals surface area contributed by atoms with Crippen molar-refractivity contribution < 1.29 is 13.2 Å². The fourth-order valence-electron chi connectivity index (χ4n) is 3.32. The summed E-state index contributed by atoms with van der Waals surface area (Å²) in [6.07, 6.45) is -4.38. The van der Waals surface area contributed by atoms with E-state index in [1.54, 1.807) is 6.07 Å². The molecule has 0 aliphatic carbocycles. The van der Waals surface area contributed by atoms with Crippen molar-refractivity contribution in [1.29, 1.82) is 0 Å². The molecule has 0 unspecified atom stereocenters. The van der Waals surface area contributed by atoms with E-state index in [9.17, 15) is 13.2 Å². The molecule has 1 heterocycles. The summed E-state index contributed by atoms with van der Waals surface area (Å²) in [6, 6.07) is 17.5. The smallest absolute Gasteiger partial charge is 0.336 e. The van der Waals surface area contributed by atoms with Gasteiger partial charge in [0.2, 0.25) is 0 Å². The van der Waals surface area contributed by atoms with Crippen LogP contribution in [0.1, 0.15) is 11.1 Å². The van der Waals surface area contributed by atoms with Crippen LogP contribution in [0.5, 0.6) is 0 Å². The molecule has 4 aromatic rings. The van der Waals surface area contributed by atoms with Crippen LogP contribution in [0.3, 0.4) is 0 Å². The van der Waals surface area contributed by atoms with Crippen molar-refractivity contribution in [3.63, 3.8) is 0 Å². The first-order valence-electron chi connectivity index (χ1n) is 7.87. The number of alkyl halides is 3. The van der Waals surface area contributed by atoms with Crippen LogP contribution in [-0.2, 0) is 12.7 Å². The summed E-state index contributed by atoms with van der Waals surface area (Å²) in [5.74, 6) is 0. The van der Waals surface area contributed by atoms with Gasteiger partial charge in [0.15, 0.2) is 0 Å². The zero-order valence-electron chi connectivity index (χ0n) is 13.3. The maximum absolute atomic E-state index is 13.4. The van der Waals surface area contributed by atoms with Gasteiger partial charge in [-0.15, -0.1) is 0 Å². The minimum atomic E-state index is -4.38. The van der Waals surface area contributed by atoms with Gasteiger partial charge in [0.05, 0.1) is 16.6 Å². The third kappa shape index (κ3) is 3.05. The lowest BCUT2D eigenvalue weighted by Gasteiger charge is -2.15. The lowest BCUT2D eigenvalue weighted by atomic mass is 10.1. The van der Waals surface area contributed by atoms with Gasteiger partial charge in [-0.3, -0.25) is 0 Å². The van der Waals surface area contributed by atoms with Crippen LogP contribution >= 0.6 is 31.9 Å². The second-order valence-electron chi connectivity index (χ2n) is 6.06. The fraction of sp³-hybridized carbons (Fsp3) is 0.100. The Kier molecular flexibility index (Phi) is 4.35. The van der Waals surface area contributed by atoms with Gasteiger partial charge in [0.1, 0.15) is 0 Å². The minimum Gasteiger partial charge on any atom is -0.336 e. The van der Waals surface area contributed by atoms with Gasteiger partial charge in [0, 0.05) is 26.3 Å². The first kappa shape index (κ1) is 17.6. The molecule has 6 heteroatoms.